The topological polar surface area (TPSA) is 106 Å². The maximum Gasteiger partial charge on any atom is 0.353 e. The molecule has 2 heterocycles. The van der Waals surface area contributed by atoms with Crippen LogP contribution in [0.3, 0.4) is 0 Å². The van der Waals surface area contributed by atoms with Gasteiger partial charge in [0.1, 0.15) is 4.88 Å². The van der Waals surface area contributed by atoms with Gasteiger partial charge >= 0.3 is 5.97 Å². The average Bonchev–Trinajstić information content (AvgIpc) is 3.35. The Morgan fingerprint density at radius 1 is 1.29 bits per heavy atom. The van der Waals surface area contributed by atoms with Crippen molar-refractivity contribution in [3.05, 3.63) is 63.6 Å². The molecule has 2 N–H and O–H groups in total. The number of aromatic nitrogens is 2. The summed E-state index contributed by atoms with van der Waals surface area (Å²) in [4.78, 5) is 24.6. The van der Waals surface area contributed by atoms with Crippen LogP contribution >= 0.6 is 11.3 Å². The van der Waals surface area contributed by atoms with E-state index in [-0.39, 0.29) is 5.69 Å². The number of carbonyl (C=O) groups excluding carboxylic acids is 2. The second-order valence-electron chi connectivity index (χ2n) is 5.64. The molecule has 144 valence electrons. The van der Waals surface area contributed by atoms with Crippen LogP contribution in [0.4, 0.5) is 0 Å². The van der Waals surface area contributed by atoms with Gasteiger partial charge in [0.15, 0.2) is 17.2 Å². The van der Waals surface area contributed by atoms with E-state index in [2.05, 4.69) is 20.7 Å². The van der Waals surface area contributed by atoms with Crippen LogP contribution < -0.4 is 14.9 Å². The lowest BCUT2D eigenvalue weighted by Gasteiger charge is -2.10. The molecule has 0 unspecified atom stereocenters. The number of esters is 1. The minimum absolute atomic E-state index is 0.250. The zero-order valence-corrected chi connectivity index (χ0v) is 16.1. The molecule has 0 saturated heterocycles. The lowest BCUT2D eigenvalue weighted by molar-refractivity contribution is 0.0733. The molecule has 9 heteroatoms. The quantitative estimate of drug-likeness (QED) is 0.275. The van der Waals surface area contributed by atoms with Crippen molar-refractivity contribution in [3.63, 3.8) is 0 Å². The number of carbonyl (C=O) groups is 2. The first-order valence-electron chi connectivity index (χ1n) is 8.44. The molecule has 2 aromatic heterocycles. The number of rotatable bonds is 7. The Balaban J connectivity index is 1.69. The van der Waals surface area contributed by atoms with Crippen molar-refractivity contribution < 1.29 is 19.1 Å². The summed E-state index contributed by atoms with van der Waals surface area (Å²) in [5.74, 6) is -0.148. The van der Waals surface area contributed by atoms with E-state index in [0.717, 1.165) is 5.69 Å². The zero-order chi connectivity index (χ0) is 19.9. The third-order valence-corrected chi connectivity index (χ3v) is 4.36. The maximum absolute atomic E-state index is 12.2. The van der Waals surface area contributed by atoms with Crippen LogP contribution in [-0.2, 0) is 0 Å². The Kier molecular flexibility index (Phi) is 6.18. The SMILES string of the molecule is CCOc1cc(/C=N\NC(=O)c2cc(C)[nH]n2)ccc1OC(=O)c1cccs1. The number of aromatic amines is 1. The molecule has 0 saturated carbocycles. The number of nitrogens with zero attached hydrogens (tertiary/aromatic N) is 2. The molecule has 0 bridgehead atoms. The Morgan fingerprint density at radius 3 is 2.82 bits per heavy atom. The number of thiophene rings is 1. The number of H-pyrrole nitrogens is 1. The van der Waals surface area contributed by atoms with Crippen molar-refractivity contribution in [2.24, 2.45) is 5.10 Å². The molecule has 0 aliphatic carbocycles. The van der Waals surface area contributed by atoms with Gasteiger partial charge < -0.3 is 9.47 Å². The molecule has 1 amide bonds. The third kappa shape index (κ3) is 4.83. The fourth-order valence-electron chi connectivity index (χ4n) is 2.26. The fourth-order valence-corrected chi connectivity index (χ4v) is 2.86. The van der Waals surface area contributed by atoms with Crippen LogP contribution in [0.25, 0.3) is 0 Å². The van der Waals surface area contributed by atoms with E-state index in [1.54, 1.807) is 48.7 Å². The summed E-state index contributed by atoms with van der Waals surface area (Å²) in [7, 11) is 0. The Hall–Kier alpha value is -3.46. The van der Waals surface area contributed by atoms with Gasteiger partial charge in [-0.25, -0.2) is 10.2 Å². The number of hydrogen-bond acceptors (Lipinski definition) is 7. The Labute approximate surface area is 165 Å². The number of hydrogen-bond donors (Lipinski definition) is 2. The molecular weight excluding hydrogens is 380 g/mol. The summed E-state index contributed by atoms with van der Waals surface area (Å²) >= 11 is 1.30. The van der Waals surface area contributed by atoms with Gasteiger partial charge in [-0.05, 0) is 55.1 Å². The van der Waals surface area contributed by atoms with Crippen LogP contribution in [0.1, 0.15) is 38.3 Å². The highest BCUT2D eigenvalue weighted by Crippen LogP contribution is 2.29. The number of ether oxygens (including phenoxy) is 2. The van der Waals surface area contributed by atoms with Crippen LogP contribution in [0.5, 0.6) is 11.5 Å². The summed E-state index contributed by atoms with van der Waals surface area (Å²) in [6.45, 7) is 4.03. The summed E-state index contributed by atoms with van der Waals surface area (Å²) in [6.07, 6.45) is 1.46. The maximum atomic E-state index is 12.2. The van der Waals surface area contributed by atoms with E-state index in [9.17, 15) is 9.59 Å². The van der Waals surface area contributed by atoms with Gasteiger partial charge in [-0.1, -0.05) is 6.07 Å². The third-order valence-electron chi connectivity index (χ3n) is 3.51. The average molecular weight is 398 g/mol. The summed E-state index contributed by atoms with van der Waals surface area (Å²) in [6, 6.07) is 10.1. The lowest BCUT2D eigenvalue weighted by Crippen LogP contribution is -2.18. The molecule has 0 spiro atoms. The van der Waals surface area contributed by atoms with Crippen molar-refractivity contribution >= 4 is 29.4 Å². The Bertz CT molecular complexity index is 995. The molecule has 0 radical (unpaired) electrons. The summed E-state index contributed by atoms with van der Waals surface area (Å²) in [5, 5.41) is 12.3. The highest BCUT2D eigenvalue weighted by molar-refractivity contribution is 7.12. The molecular formula is C19H18N4O4S. The number of aryl methyl sites for hydroxylation is 1. The number of hydrazone groups is 1. The molecule has 28 heavy (non-hydrogen) atoms. The van der Waals surface area contributed by atoms with Crippen molar-refractivity contribution in [3.8, 4) is 11.5 Å². The van der Waals surface area contributed by atoms with Gasteiger partial charge in [0.25, 0.3) is 5.91 Å². The molecule has 0 fully saturated rings. The van der Waals surface area contributed by atoms with Crippen molar-refractivity contribution in [1.29, 1.82) is 0 Å². The van der Waals surface area contributed by atoms with E-state index in [0.29, 0.717) is 28.5 Å². The minimum atomic E-state index is -0.445. The Morgan fingerprint density at radius 2 is 2.14 bits per heavy atom. The molecule has 3 rings (SSSR count). The monoisotopic (exact) mass is 398 g/mol. The minimum Gasteiger partial charge on any atom is -0.490 e. The van der Waals surface area contributed by atoms with Crippen LogP contribution in [-0.4, -0.2) is 34.9 Å². The van der Waals surface area contributed by atoms with Crippen molar-refractivity contribution in [1.82, 2.24) is 15.6 Å². The first-order valence-corrected chi connectivity index (χ1v) is 9.32. The summed E-state index contributed by atoms with van der Waals surface area (Å²) in [5.41, 5.74) is 4.10. The molecule has 1 aromatic carbocycles. The van der Waals surface area contributed by atoms with E-state index < -0.39 is 11.9 Å². The highest BCUT2D eigenvalue weighted by Gasteiger charge is 2.14. The molecule has 0 aliphatic heterocycles. The van der Waals surface area contributed by atoms with Gasteiger partial charge in [-0.15, -0.1) is 11.3 Å². The number of benzene rings is 1. The normalized spacial score (nSPS) is 10.8. The summed E-state index contributed by atoms with van der Waals surface area (Å²) < 4.78 is 11.0. The van der Waals surface area contributed by atoms with Gasteiger partial charge in [0.2, 0.25) is 0 Å². The standard InChI is InChI=1S/C19H18N4O4S/c1-3-26-16-10-13(11-20-23-18(24)14-9-12(2)21-22-14)6-7-15(16)27-19(25)17-5-4-8-28-17/h4-11H,3H2,1-2H3,(H,21,22)(H,23,24)/b20-11-. The van der Waals surface area contributed by atoms with E-state index in [1.807, 2.05) is 6.92 Å². The number of amides is 1. The fraction of sp³-hybridized carbons (Fsp3) is 0.158. The first kappa shape index (κ1) is 19.3. The van der Waals surface area contributed by atoms with E-state index in [1.165, 1.54) is 17.6 Å². The van der Waals surface area contributed by atoms with Gasteiger partial charge in [-0.3, -0.25) is 9.89 Å². The van der Waals surface area contributed by atoms with Gasteiger partial charge in [0, 0.05) is 5.69 Å². The predicted octanol–water partition coefficient (Wildman–Crippen LogP) is 3.16. The number of nitrogens with one attached hydrogen (secondary N) is 2. The second kappa shape index (κ2) is 8.96. The molecule has 0 atom stereocenters. The van der Waals surface area contributed by atoms with E-state index in [4.69, 9.17) is 9.47 Å². The smallest absolute Gasteiger partial charge is 0.353 e. The van der Waals surface area contributed by atoms with Crippen LogP contribution in [0.2, 0.25) is 0 Å². The van der Waals surface area contributed by atoms with E-state index >= 15 is 0 Å². The zero-order valence-electron chi connectivity index (χ0n) is 15.3. The van der Waals surface area contributed by atoms with Gasteiger partial charge in [0.05, 0.1) is 12.8 Å². The molecule has 8 nitrogen and oxygen atoms in total. The first-order chi connectivity index (χ1) is 13.6. The van der Waals surface area contributed by atoms with Gasteiger partial charge in [-0.2, -0.15) is 10.2 Å². The lowest BCUT2D eigenvalue weighted by atomic mass is 10.2. The van der Waals surface area contributed by atoms with Crippen LogP contribution in [0, 0.1) is 6.92 Å². The van der Waals surface area contributed by atoms with Crippen molar-refractivity contribution in [2.45, 2.75) is 13.8 Å². The predicted molar refractivity (Wildman–Crippen MR) is 105 cm³/mol. The van der Waals surface area contributed by atoms with Crippen LogP contribution in [0.15, 0.2) is 46.9 Å². The molecule has 0 aliphatic rings. The highest BCUT2D eigenvalue weighted by atomic mass is 32.1. The van der Waals surface area contributed by atoms with Crippen molar-refractivity contribution in [2.75, 3.05) is 6.61 Å². The largest absolute Gasteiger partial charge is 0.490 e. The second-order valence-corrected chi connectivity index (χ2v) is 6.59. The molecule has 3 aromatic rings.